The van der Waals surface area contributed by atoms with Crippen LogP contribution >= 0.6 is 24.8 Å². The topological polar surface area (TPSA) is 63.1 Å². The van der Waals surface area contributed by atoms with E-state index in [4.69, 9.17) is 0 Å². The third-order valence-corrected chi connectivity index (χ3v) is 5.52. The lowest BCUT2D eigenvalue weighted by Gasteiger charge is -2.32. The average Bonchev–Trinajstić information content (AvgIpc) is 3.08. The van der Waals surface area contributed by atoms with Gasteiger partial charge in [-0.3, -0.25) is 4.79 Å². The smallest absolute Gasteiger partial charge is 0.254 e. The molecule has 1 fully saturated rings. The molecule has 28 heavy (non-hydrogen) atoms. The van der Waals surface area contributed by atoms with Crippen LogP contribution in [0.2, 0.25) is 0 Å². The zero-order valence-corrected chi connectivity index (χ0v) is 18.9. The third-order valence-electron chi connectivity index (χ3n) is 5.52. The van der Waals surface area contributed by atoms with Crippen molar-refractivity contribution in [3.63, 3.8) is 0 Å². The number of nitrogens with one attached hydrogen (secondary N) is 1. The number of carbonyl (C=O) groups excluding carboxylic acids is 1. The highest BCUT2D eigenvalue weighted by Crippen LogP contribution is 2.25. The number of piperidine rings is 1. The lowest BCUT2D eigenvalue weighted by Crippen LogP contribution is -2.40. The molecule has 0 bridgehead atoms. The Morgan fingerprint density at radius 2 is 1.96 bits per heavy atom. The molecule has 0 radical (unpaired) electrons. The first kappa shape index (κ1) is 24.7. The Labute approximate surface area is 180 Å². The summed E-state index contributed by atoms with van der Waals surface area (Å²) in [5.74, 6) is 0.789. The molecular weight excluding hydrogens is 397 g/mol. The molecule has 1 amide bonds. The first-order valence-electron chi connectivity index (χ1n) is 9.90. The predicted octanol–water partition coefficient (Wildman–Crippen LogP) is 4.02. The first-order valence-corrected chi connectivity index (χ1v) is 9.90. The molecule has 3 heterocycles. The summed E-state index contributed by atoms with van der Waals surface area (Å²) in [6, 6.07) is 2.18. The van der Waals surface area contributed by atoms with Crippen LogP contribution in [0.25, 0.3) is 11.0 Å². The number of rotatable bonds is 6. The van der Waals surface area contributed by atoms with Gasteiger partial charge in [-0.1, -0.05) is 13.8 Å². The minimum atomic E-state index is 0. The molecule has 6 nitrogen and oxygen atoms in total. The number of nitrogens with zero attached hydrogens (tertiary/aromatic N) is 4. The minimum Gasteiger partial charge on any atom is -0.339 e. The summed E-state index contributed by atoms with van der Waals surface area (Å²) in [5, 5.41) is 8.81. The molecule has 3 rings (SSSR count). The second kappa shape index (κ2) is 11.0. The van der Waals surface area contributed by atoms with E-state index < -0.39 is 0 Å². The quantitative estimate of drug-likeness (QED) is 0.752. The van der Waals surface area contributed by atoms with Gasteiger partial charge in [0.15, 0.2) is 5.65 Å². The fourth-order valence-corrected chi connectivity index (χ4v) is 3.67. The molecule has 1 aliphatic heterocycles. The van der Waals surface area contributed by atoms with Crippen LogP contribution in [-0.2, 0) is 0 Å². The summed E-state index contributed by atoms with van der Waals surface area (Å²) in [6.45, 7) is 12.1. The van der Waals surface area contributed by atoms with Crippen LogP contribution in [0.15, 0.2) is 12.3 Å². The normalized spacial score (nSPS) is 15.8. The summed E-state index contributed by atoms with van der Waals surface area (Å²) in [5.41, 5.74) is 2.44. The highest BCUT2D eigenvalue weighted by atomic mass is 35.5. The van der Waals surface area contributed by atoms with Gasteiger partial charge in [0.25, 0.3) is 5.91 Å². The molecular formula is C20H33Cl2N5O. The summed E-state index contributed by atoms with van der Waals surface area (Å²) in [6.07, 6.45) is 4.92. The van der Waals surface area contributed by atoms with Gasteiger partial charge in [-0.15, -0.1) is 24.8 Å². The van der Waals surface area contributed by atoms with Gasteiger partial charge in [-0.25, -0.2) is 9.67 Å². The zero-order valence-electron chi connectivity index (χ0n) is 17.3. The first-order chi connectivity index (χ1) is 12.5. The number of hydrogen-bond donors (Lipinski definition) is 1. The Balaban J connectivity index is 0.00000196. The van der Waals surface area contributed by atoms with Crippen molar-refractivity contribution in [2.24, 2.45) is 5.92 Å². The van der Waals surface area contributed by atoms with Crippen molar-refractivity contribution in [1.82, 2.24) is 25.0 Å². The van der Waals surface area contributed by atoms with Crippen molar-refractivity contribution in [2.45, 2.75) is 53.0 Å². The Bertz CT molecular complexity index is 771. The van der Waals surface area contributed by atoms with Crippen LogP contribution in [0.4, 0.5) is 0 Å². The number of likely N-dealkylation sites (tertiary alicyclic amines) is 1. The number of halogens is 2. The zero-order chi connectivity index (χ0) is 18.7. The van der Waals surface area contributed by atoms with Crippen LogP contribution in [-0.4, -0.2) is 51.8 Å². The van der Waals surface area contributed by atoms with E-state index in [0.717, 1.165) is 67.7 Å². The van der Waals surface area contributed by atoms with E-state index in [1.165, 1.54) is 0 Å². The van der Waals surface area contributed by atoms with E-state index in [0.29, 0.717) is 5.92 Å². The van der Waals surface area contributed by atoms with Gasteiger partial charge in [0, 0.05) is 18.8 Å². The number of aryl methyl sites for hydroxylation is 1. The molecule has 2 aromatic rings. The average molecular weight is 430 g/mol. The van der Waals surface area contributed by atoms with Crippen molar-refractivity contribution >= 4 is 41.8 Å². The largest absolute Gasteiger partial charge is 0.339 e. The van der Waals surface area contributed by atoms with Crippen molar-refractivity contribution in [3.8, 4) is 0 Å². The van der Waals surface area contributed by atoms with Crippen LogP contribution in [0.1, 0.15) is 62.1 Å². The maximum atomic E-state index is 13.2. The van der Waals surface area contributed by atoms with Crippen molar-refractivity contribution < 1.29 is 4.79 Å². The van der Waals surface area contributed by atoms with Crippen LogP contribution in [0, 0.1) is 12.8 Å². The molecule has 1 saturated heterocycles. The standard InChI is InChI=1S/C20H31N5O.2ClH/c1-5-15(4)25-19-18(13-22-25)17(11-14(3)23-19)20(26)24-9-7-16(8-10-24)12-21-6-2;;/h11,13,15-16,21H,5-10,12H2,1-4H3;2*1H. The second-order valence-corrected chi connectivity index (χ2v) is 7.44. The molecule has 0 aliphatic carbocycles. The lowest BCUT2D eigenvalue weighted by atomic mass is 9.96. The Morgan fingerprint density at radius 3 is 2.57 bits per heavy atom. The fraction of sp³-hybridized carbons (Fsp3) is 0.650. The maximum absolute atomic E-state index is 13.2. The van der Waals surface area contributed by atoms with Crippen LogP contribution in [0.5, 0.6) is 0 Å². The summed E-state index contributed by atoms with van der Waals surface area (Å²) < 4.78 is 1.95. The number of pyridine rings is 1. The number of fused-ring (bicyclic) bond motifs is 1. The van der Waals surface area contributed by atoms with Crippen molar-refractivity contribution in [2.75, 3.05) is 26.2 Å². The lowest BCUT2D eigenvalue weighted by molar-refractivity contribution is 0.0692. The molecule has 8 heteroatoms. The second-order valence-electron chi connectivity index (χ2n) is 7.44. The fourth-order valence-electron chi connectivity index (χ4n) is 3.67. The number of carbonyl (C=O) groups is 1. The monoisotopic (exact) mass is 429 g/mol. The van der Waals surface area contributed by atoms with Gasteiger partial charge in [0.2, 0.25) is 0 Å². The van der Waals surface area contributed by atoms with Crippen LogP contribution in [0.3, 0.4) is 0 Å². The molecule has 0 spiro atoms. The molecule has 0 saturated carbocycles. The van der Waals surface area contributed by atoms with E-state index in [9.17, 15) is 4.79 Å². The van der Waals surface area contributed by atoms with E-state index in [2.05, 4.69) is 36.2 Å². The molecule has 158 valence electrons. The van der Waals surface area contributed by atoms with Gasteiger partial charge in [0.1, 0.15) is 0 Å². The minimum absolute atomic E-state index is 0. The summed E-state index contributed by atoms with van der Waals surface area (Å²) >= 11 is 0. The van der Waals surface area contributed by atoms with Gasteiger partial charge < -0.3 is 10.2 Å². The Kier molecular flexibility index (Phi) is 9.67. The van der Waals surface area contributed by atoms with Gasteiger partial charge in [-0.05, 0) is 58.2 Å². The molecule has 1 unspecified atom stereocenters. The van der Waals surface area contributed by atoms with E-state index in [-0.39, 0.29) is 36.8 Å². The third kappa shape index (κ3) is 5.16. The van der Waals surface area contributed by atoms with Crippen molar-refractivity contribution in [3.05, 3.63) is 23.5 Å². The Hall–Kier alpha value is -1.37. The van der Waals surface area contributed by atoms with Crippen molar-refractivity contribution in [1.29, 1.82) is 0 Å². The Morgan fingerprint density at radius 1 is 1.29 bits per heavy atom. The molecule has 1 atom stereocenters. The highest BCUT2D eigenvalue weighted by Gasteiger charge is 2.26. The SMILES string of the molecule is CCNCC1CCN(C(=O)c2cc(C)nc3c2cnn3C(C)CC)CC1.Cl.Cl. The van der Waals surface area contributed by atoms with Gasteiger partial charge in [0.05, 0.1) is 23.2 Å². The number of hydrogen-bond acceptors (Lipinski definition) is 4. The summed E-state index contributed by atoms with van der Waals surface area (Å²) in [4.78, 5) is 19.8. The van der Waals surface area contributed by atoms with E-state index >= 15 is 0 Å². The van der Waals surface area contributed by atoms with E-state index in [1.807, 2.05) is 22.6 Å². The molecule has 1 N–H and O–H groups in total. The molecule has 1 aliphatic rings. The molecule has 2 aromatic heterocycles. The molecule has 0 aromatic carbocycles. The van der Waals surface area contributed by atoms with Gasteiger partial charge >= 0.3 is 0 Å². The highest BCUT2D eigenvalue weighted by molar-refractivity contribution is 6.05. The predicted molar refractivity (Wildman–Crippen MR) is 119 cm³/mol. The number of aromatic nitrogens is 3. The number of amides is 1. The van der Waals surface area contributed by atoms with Crippen LogP contribution < -0.4 is 5.32 Å². The summed E-state index contributed by atoms with van der Waals surface area (Å²) in [7, 11) is 0. The van der Waals surface area contributed by atoms with Gasteiger partial charge in [-0.2, -0.15) is 5.10 Å². The van der Waals surface area contributed by atoms with E-state index in [1.54, 1.807) is 6.20 Å². The maximum Gasteiger partial charge on any atom is 0.254 e.